The second-order valence-electron chi connectivity index (χ2n) is 6.91. The highest BCUT2D eigenvalue weighted by Crippen LogP contribution is 2.18. The van der Waals surface area contributed by atoms with Crippen molar-refractivity contribution in [2.75, 3.05) is 26.2 Å². The number of aliphatic carboxylic acids is 1. The van der Waals surface area contributed by atoms with Crippen molar-refractivity contribution in [1.29, 1.82) is 0 Å². The van der Waals surface area contributed by atoms with Gasteiger partial charge in [-0.2, -0.15) is 0 Å². The molecule has 0 aromatic heterocycles. The number of halogens is 1. The SMILES string of the molecule is CC(C)(C)OC(=O)N1CCN(NC(C(=O)O)c2ccc(Br)cc2)CC1. The Kier molecular flexibility index (Phi) is 6.42. The molecule has 138 valence electrons. The number of amides is 1. The maximum atomic E-state index is 12.1. The summed E-state index contributed by atoms with van der Waals surface area (Å²) in [5.41, 5.74) is 3.18. The number of benzene rings is 1. The molecule has 1 saturated heterocycles. The molecule has 0 radical (unpaired) electrons. The topological polar surface area (TPSA) is 82.1 Å². The number of ether oxygens (including phenoxy) is 1. The number of carbonyl (C=O) groups is 2. The van der Waals surface area contributed by atoms with Gasteiger partial charge in [0.2, 0.25) is 0 Å². The van der Waals surface area contributed by atoms with Gasteiger partial charge < -0.3 is 14.7 Å². The molecule has 1 atom stereocenters. The van der Waals surface area contributed by atoms with Crippen LogP contribution in [0.3, 0.4) is 0 Å². The van der Waals surface area contributed by atoms with Crippen molar-refractivity contribution in [1.82, 2.24) is 15.3 Å². The van der Waals surface area contributed by atoms with Gasteiger partial charge in [-0.25, -0.2) is 15.2 Å². The predicted octanol–water partition coefficient (Wildman–Crippen LogP) is 2.63. The van der Waals surface area contributed by atoms with Gasteiger partial charge in [0, 0.05) is 30.7 Å². The first-order valence-corrected chi connectivity index (χ1v) is 8.92. The average Bonchev–Trinajstić information content (AvgIpc) is 2.52. The molecule has 7 nitrogen and oxygen atoms in total. The van der Waals surface area contributed by atoms with Gasteiger partial charge in [-0.05, 0) is 38.5 Å². The summed E-state index contributed by atoms with van der Waals surface area (Å²) in [4.78, 5) is 25.3. The molecule has 0 bridgehead atoms. The summed E-state index contributed by atoms with van der Waals surface area (Å²) in [7, 11) is 0. The van der Waals surface area contributed by atoms with E-state index in [-0.39, 0.29) is 6.09 Å². The van der Waals surface area contributed by atoms with E-state index in [4.69, 9.17) is 4.74 Å². The van der Waals surface area contributed by atoms with Gasteiger partial charge in [0.25, 0.3) is 0 Å². The van der Waals surface area contributed by atoms with Crippen LogP contribution < -0.4 is 5.43 Å². The zero-order chi connectivity index (χ0) is 18.6. The molecular weight excluding hydrogens is 390 g/mol. The van der Waals surface area contributed by atoms with Crippen LogP contribution >= 0.6 is 15.9 Å². The number of rotatable bonds is 4. The molecule has 1 heterocycles. The molecule has 25 heavy (non-hydrogen) atoms. The van der Waals surface area contributed by atoms with Crippen LogP contribution in [0.5, 0.6) is 0 Å². The fourth-order valence-corrected chi connectivity index (χ4v) is 2.72. The van der Waals surface area contributed by atoms with Crippen LogP contribution in [0.25, 0.3) is 0 Å². The van der Waals surface area contributed by atoms with Gasteiger partial charge in [-0.1, -0.05) is 28.1 Å². The summed E-state index contributed by atoms with van der Waals surface area (Å²) in [6.07, 6.45) is -0.338. The first kappa shape index (κ1) is 19.7. The Morgan fingerprint density at radius 2 is 1.72 bits per heavy atom. The predicted molar refractivity (Wildman–Crippen MR) is 97.0 cm³/mol. The van der Waals surface area contributed by atoms with Gasteiger partial charge in [-0.15, -0.1) is 0 Å². The van der Waals surface area contributed by atoms with E-state index in [9.17, 15) is 14.7 Å². The zero-order valence-electron chi connectivity index (χ0n) is 14.7. The number of carbonyl (C=O) groups excluding carboxylic acids is 1. The number of nitrogens with zero attached hydrogens (tertiary/aromatic N) is 2. The molecule has 1 unspecified atom stereocenters. The highest BCUT2D eigenvalue weighted by Gasteiger charge is 2.28. The Labute approximate surface area is 156 Å². The number of carboxylic acid groups (broad SMARTS) is 1. The van der Waals surface area contributed by atoms with E-state index in [0.717, 1.165) is 4.47 Å². The van der Waals surface area contributed by atoms with Crippen LogP contribution in [0, 0.1) is 0 Å². The van der Waals surface area contributed by atoms with E-state index in [2.05, 4.69) is 21.4 Å². The molecular formula is C17H24BrN3O4. The van der Waals surface area contributed by atoms with E-state index < -0.39 is 17.6 Å². The molecule has 1 aliphatic heterocycles. The van der Waals surface area contributed by atoms with Crippen LogP contribution in [0.1, 0.15) is 32.4 Å². The van der Waals surface area contributed by atoms with Crippen molar-refractivity contribution >= 4 is 28.0 Å². The number of hydrogen-bond donors (Lipinski definition) is 2. The molecule has 1 aromatic carbocycles. The number of carboxylic acids is 1. The maximum Gasteiger partial charge on any atom is 0.410 e. The van der Waals surface area contributed by atoms with Crippen molar-refractivity contribution in [3.8, 4) is 0 Å². The average molecular weight is 414 g/mol. The van der Waals surface area contributed by atoms with Crippen LogP contribution in [0.4, 0.5) is 4.79 Å². The lowest BCUT2D eigenvalue weighted by molar-refractivity contribution is -0.141. The van der Waals surface area contributed by atoms with Gasteiger partial charge in [0.1, 0.15) is 11.6 Å². The van der Waals surface area contributed by atoms with Crippen LogP contribution in [0.2, 0.25) is 0 Å². The lowest BCUT2D eigenvalue weighted by Crippen LogP contribution is -2.55. The third-order valence-electron chi connectivity index (χ3n) is 3.69. The molecule has 1 amide bonds. The molecule has 1 aliphatic rings. The molecule has 0 aliphatic carbocycles. The standard InChI is InChI=1S/C17H24BrN3O4/c1-17(2,3)25-16(24)20-8-10-21(11-9-20)19-14(15(22)23)12-4-6-13(18)7-5-12/h4-7,14,19H,8-11H2,1-3H3,(H,22,23). The monoisotopic (exact) mass is 413 g/mol. The number of piperazine rings is 1. The van der Waals surface area contributed by atoms with Crippen LogP contribution in [-0.4, -0.2) is 58.9 Å². The minimum atomic E-state index is -0.947. The van der Waals surface area contributed by atoms with Gasteiger partial charge in [-0.3, -0.25) is 4.79 Å². The van der Waals surface area contributed by atoms with Crippen molar-refractivity contribution in [3.05, 3.63) is 34.3 Å². The second kappa shape index (κ2) is 8.16. The van der Waals surface area contributed by atoms with Gasteiger partial charge >= 0.3 is 12.1 Å². The van der Waals surface area contributed by atoms with Crippen LogP contribution in [0.15, 0.2) is 28.7 Å². The van der Waals surface area contributed by atoms with Gasteiger partial charge in [0.15, 0.2) is 0 Å². The van der Waals surface area contributed by atoms with Crippen molar-refractivity contribution < 1.29 is 19.4 Å². The van der Waals surface area contributed by atoms with E-state index >= 15 is 0 Å². The smallest absolute Gasteiger partial charge is 0.410 e. The molecule has 0 spiro atoms. The summed E-state index contributed by atoms with van der Waals surface area (Å²) in [5.74, 6) is -0.947. The zero-order valence-corrected chi connectivity index (χ0v) is 16.2. The highest BCUT2D eigenvalue weighted by molar-refractivity contribution is 9.10. The van der Waals surface area contributed by atoms with E-state index in [0.29, 0.717) is 31.7 Å². The third-order valence-corrected chi connectivity index (χ3v) is 4.22. The molecule has 1 fully saturated rings. The Morgan fingerprint density at radius 1 is 1.16 bits per heavy atom. The number of hydrazine groups is 1. The highest BCUT2D eigenvalue weighted by atomic mass is 79.9. The molecule has 2 rings (SSSR count). The van der Waals surface area contributed by atoms with Crippen molar-refractivity contribution in [3.63, 3.8) is 0 Å². The Hall–Kier alpha value is -1.64. The van der Waals surface area contributed by atoms with Crippen LogP contribution in [-0.2, 0) is 9.53 Å². The number of nitrogens with one attached hydrogen (secondary N) is 1. The van der Waals surface area contributed by atoms with Crippen molar-refractivity contribution in [2.24, 2.45) is 0 Å². The van der Waals surface area contributed by atoms with E-state index in [1.54, 1.807) is 17.0 Å². The summed E-state index contributed by atoms with van der Waals surface area (Å²) in [6, 6.07) is 6.33. The maximum absolute atomic E-state index is 12.1. The first-order valence-electron chi connectivity index (χ1n) is 8.13. The quantitative estimate of drug-likeness (QED) is 0.789. The second-order valence-corrected chi connectivity index (χ2v) is 7.82. The van der Waals surface area contributed by atoms with E-state index in [1.165, 1.54) is 0 Å². The van der Waals surface area contributed by atoms with Crippen molar-refractivity contribution in [2.45, 2.75) is 32.4 Å². The Bertz CT molecular complexity index is 607. The van der Waals surface area contributed by atoms with E-state index in [1.807, 2.05) is 37.9 Å². The summed E-state index contributed by atoms with van der Waals surface area (Å²) in [5, 5.41) is 11.3. The summed E-state index contributed by atoms with van der Waals surface area (Å²) >= 11 is 3.34. The lowest BCUT2D eigenvalue weighted by atomic mass is 10.1. The first-order chi connectivity index (χ1) is 11.7. The third kappa shape index (κ3) is 5.98. The molecule has 1 aromatic rings. The Balaban J connectivity index is 1.92. The summed E-state index contributed by atoms with van der Waals surface area (Å²) in [6.45, 7) is 7.51. The largest absolute Gasteiger partial charge is 0.480 e. The molecule has 8 heteroatoms. The minimum Gasteiger partial charge on any atom is -0.480 e. The fourth-order valence-electron chi connectivity index (χ4n) is 2.45. The fraction of sp³-hybridized carbons (Fsp3) is 0.529. The number of hydrogen-bond acceptors (Lipinski definition) is 5. The Morgan fingerprint density at radius 3 is 2.20 bits per heavy atom. The molecule has 0 saturated carbocycles. The lowest BCUT2D eigenvalue weighted by Gasteiger charge is -2.36. The summed E-state index contributed by atoms with van der Waals surface area (Å²) < 4.78 is 6.26. The molecule has 2 N–H and O–H groups in total. The van der Waals surface area contributed by atoms with Gasteiger partial charge in [0.05, 0.1) is 0 Å². The normalized spacial score (nSPS) is 17.2. The minimum absolute atomic E-state index is 0.338.